The van der Waals surface area contributed by atoms with Crippen LogP contribution in [0, 0.1) is 12.8 Å². The van der Waals surface area contributed by atoms with Crippen molar-refractivity contribution in [1.29, 1.82) is 0 Å². The fourth-order valence-electron chi connectivity index (χ4n) is 4.27. The predicted molar refractivity (Wildman–Crippen MR) is 129 cm³/mol. The molecule has 1 N–H and O–H groups in total. The van der Waals surface area contributed by atoms with E-state index in [1.165, 1.54) is 28.7 Å². The lowest BCUT2D eigenvalue weighted by Crippen LogP contribution is -2.29. The molecule has 6 nitrogen and oxygen atoms in total. The summed E-state index contributed by atoms with van der Waals surface area (Å²) in [7, 11) is 1.56. The predicted octanol–water partition coefficient (Wildman–Crippen LogP) is 6.32. The minimum atomic E-state index is -0.997. The van der Waals surface area contributed by atoms with Crippen LogP contribution in [0.5, 0.6) is 0 Å². The van der Waals surface area contributed by atoms with Gasteiger partial charge < -0.3 is 14.6 Å². The maximum absolute atomic E-state index is 12.6. The van der Waals surface area contributed by atoms with Crippen molar-refractivity contribution < 1.29 is 23.5 Å². The molecular formula is C27H31FN2O4. The van der Waals surface area contributed by atoms with Gasteiger partial charge >= 0.3 is 5.97 Å². The lowest BCUT2D eigenvalue weighted by molar-refractivity contribution is -0.183. The molecule has 0 saturated heterocycles. The van der Waals surface area contributed by atoms with Gasteiger partial charge in [0.1, 0.15) is 11.3 Å². The van der Waals surface area contributed by atoms with Crippen LogP contribution in [-0.4, -0.2) is 30.4 Å². The van der Waals surface area contributed by atoms with Crippen molar-refractivity contribution in [3.05, 3.63) is 64.9 Å². The Kier molecular flexibility index (Phi) is 6.91. The Morgan fingerprint density at radius 1 is 1.18 bits per heavy atom. The highest BCUT2D eigenvalue weighted by molar-refractivity contribution is 5.94. The summed E-state index contributed by atoms with van der Waals surface area (Å²) in [6.07, 6.45) is 2.33. The zero-order valence-corrected chi connectivity index (χ0v) is 20.1. The van der Waals surface area contributed by atoms with Crippen LogP contribution in [-0.2, 0) is 9.74 Å². The van der Waals surface area contributed by atoms with Gasteiger partial charge in [0.25, 0.3) is 5.91 Å². The SMILES string of the molecule is Cc1c(C(Nc2ccc(C(=O)N(C)CCC(=O)OF)cc2)C(C)C)oc2ccc(C3CC3)cc12. The summed E-state index contributed by atoms with van der Waals surface area (Å²) < 4.78 is 18.2. The molecule has 4 rings (SSSR count). The van der Waals surface area contributed by atoms with Crippen LogP contribution in [0.2, 0.25) is 0 Å². The number of nitrogens with one attached hydrogen (secondary N) is 1. The molecule has 180 valence electrons. The highest BCUT2D eigenvalue weighted by atomic mass is 19.3. The van der Waals surface area contributed by atoms with E-state index < -0.39 is 5.97 Å². The summed E-state index contributed by atoms with van der Waals surface area (Å²) in [5, 5.41) is 4.74. The Labute approximate surface area is 199 Å². The van der Waals surface area contributed by atoms with E-state index >= 15 is 0 Å². The lowest BCUT2D eigenvalue weighted by atomic mass is 9.97. The number of benzene rings is 2. The Morgan fingerprint density at radius 3 is 2.50 bits per heavy atom. The molecule has 0 spiro atoms. The molecule has 1 aliphatic rings. The minimum absolute atomic E-state index is 0.0345. The second-order valence-corrected chi connectivity index (χ2v) is 9.49. The molecule has 0 bridgehead atoms. The molecule has 1 aromatic heterocycles. The number of hydrogen-bond acceptors (Lipinski definition) is 5. The second-order valence-electron chi connectivity index (χ2n) is 9.49. The average Bonchev–Trinajstić information content (AvgIpc) is 3.64. The average molecular weight is 467 g/mol. The first-order chi connectivity index (χ1) is 16.3. The number of halogens is 1. The molecule has 1 heterocycles. The lowest BCUT2D eigenvalue weighted by Gasteiger charge is -2.23. The van der Waals surface area contributed by atoms with E-state index in [4.69, 9.17) is 4.42 Å². The van der Waals surface area contributed by atoms with Crippen molar-refractivity contribution in [3.8, 4) is 0 Å². The summed E-state index contributed by atoms with van der Waals surface area (Å²) >= 11 is 0. The molecule has 2 aromatic carbocycles. The highest BCUT2D eigenvalue weighted by Crippen LogP contribution is 2.42. The topological polar surface area (TPSA) is 71.8 Å². The molecule has 1 fully saturated rings. The van der Waals surface area contributed by atoms with Crippen molar-refractivity contribution in [3.63, 3.8) is 0 Å². The van der Waals surface area contributed by atoms with Crippen LogP contribution < -0.4 is 5.32 Å². The van der Waals surface area contributed by atoms with E-state index in [9.17, 15) is 14.1 Å². The largest absolute Gasteiger partial charge is 0.459 e. The van der Waals surface area contributed by atoms with Crippen molar-refractivity contribution in [2.75, 3.05) is 18.9 Å². The van der Waals surface area contributed by atoms with E-state index in [1.807, 2.05) is 12.1 Å². The Hall–Kier alpha value is -3.35. The molecule has 1 amide bonds. The molecule has 1 aliphatic carbocycles. The van der Waals surface area contributed by atoms with Gasteiger partial charge in [0.15, 0.2) is 0 Å². The molecule has 0 radical (unpaired) electrons. The number of amides is 1. The molecule has 1 saturated carbocycles. The normalized spacial score (nSPS) is 14.3. The maximum Gasteiger partial charge on any atom is 0.350 e. The smallest absolute Gasteiger partial charge is 0.350 e. The van der Waals surface area contributed by atoms with Gasteiger partial charge in [-0.15, -0.1) is 0 Å². The van der Waals surface area contributed by atoms with Crippen LogP contribution in [0.15, 0.2) is 46.9 Å². The van der Waals surface area contributed by atoms with Crippen LogP contribution >= 0.6 is 0 Å². The number of rotatable bonds is 9. The fraction of sp³-hybridized carbons (Fsp3) is 0.407. The van der Waals surface area contributed by atoms with E-state index in [-0.39, 0.29) is 30.8 Å². The Balaban J connectivity index is 1.49. The molecule has 1 unspecified atom stereocenters. The van der Waals surface area contributed by atoms with Crippen molar-refractivity contribution in [2.24, 2.45) is 5.92 Å². The zero-order valence-electron chi connectivity index (χ0n) is 20.1. The number of furan rings is 1. The van der Waals surface area contributed by atoms with Gasteiger partial charge in [-0.25, -0.2) is 4.79 Å². The summed E-state index contributed by atoms with van der Waals surface area (Å²) in [6, 6.07) is 13.7. The minimum Gasteiger partial charge on any atom is -0.459 e. The summed E-state index contributed by atoms with van der Waals surface area (Å²) in [5.41, 5.74) is 4.81. The fourth-order valence-corrected chi connectivity index (χ4v) is 4.27. The first kappa shape index (κ1) is 23.8. The number of aryl methyl sites for hydroxylation is 1. The van der Waals surface area contributed by atoms with E-state index in [0.717, 1.165) is 22.6 Å². The van der Waals surface area contributed by atoms with Crippen LogP contribution in [0.3, 0.4) is 0 Å². The number of anilines is 1. The third kappa shape index (κ3) is 5.08. The molecular weight excluding hydrogens is 435 g/mol. The van der Waals surface area contributed by atoms with Gasteiger partial charge in [-0.2, -0.15) is 0 Å². The highest BCUT2D eigenvalue weighted by Gasteiger charge is 2.27. The quantitative estimate of drug-likeness (QED) is 0.400. The first-order valence-electron chi connectivity index (χ1n) is 11.7. The summed E-state index contributed by atoms with van der Waals surface area (Å²) in [5.74, 6) is 0.642. The van der Waals surface area contributed by atoms with Gasteiger partial charge in [0.2, 0.25) is 0 Å². The summed E-state index contributed by atoms with van der Waals surface area (Å²) in [4.78, 5) is 28.1. The standard InChI is InChI=1S/C27H31FN2O4/c1-16(2)25(26-17(3)22-15-20(18-5-6-18)9-12-23(22)33-26)29-21-10-7-19(8-11-21)27(32)30(4)14-13-24(31)34-28/h7-12,15-16,18,25,29H,5-6,13-14H2,1-4H3. The molecule has 34 heavy (non-hydrogen) atoms. The van der Waals surface area contributed by atoms with E-state index in [1.54, 1.807) is 19.2 Å². The first-order valence-corrected chi connectivity index (χ1v) is 11.7. The van der Waals surface area contributed by atoms with Crippen LogP contribution in [0.25, 0.3) is 11.0 Å². The number of carbonyl (C=O) groups is 2. The van der Waals surface area contributed by atoms with E-state index in [2.05, 4.69) is 49.2 Å². The van der Waals surface area contributed by atoms with Gasteiger partial charge in [0.05, 0.1) is 12.5 Å². The number of carbonyl (C=O) groups excluding carboxylic acids is 2. The maximum atomic E-state index is 12.6. The molecule has 3 aromatic rings. The molecule has 0 aliphatic heterocycles. The third-order valence-corrected chi connectivity index (χ3v) is 6.53. The van der Waals surface area contributed by atoms with Crippen LogP contribution in [0.1, 0.15) is 72.3 Å². The van der Waals surface area contributed by atoms with Crippen molar-refractivity contribution in [1.82, 2.24) is 4.90 Å². The third-order valence-electron chi connectivity index (χ3n) is 6.53. The number of nitrogens with zero attached hydrogens (tertiary/aromatic N) is 1. The van der Waals surface area contributed by atoms with Gasteiger partial charge in [0, 0.05) is 40.3 Å². The summed E-state index contributed by atoms with van der Waals surface area (Å²) in [6.45, 7) is 6.49. The van der Waals surface area contributed by atoms with Gasteiger partial charge in [-0.3, -0.25) is 9.74 Å². The zero-order chi connectivity index (χ0) is 24.4. The van der Waals surface area contributed by atoms with Crippen molar-refractivity contribution in [2.45, 2.75) is 52.0 Å². The number of fused-ring (bicyclic) bond motifs is 1. The Bertz CT molecular complexity index is 1180. The number of hydrogen-bond donors (Lipinski definition) is 1. The molecule has 1 atom stereocenters. The van der Waals surface area contributed by atoms with Crippen LogP contribution in [0.4, 0.5) is 10.2 Å². The Morgan fingerprint density at radius 2 is 1.88 bits per heavy atom. The van der Waals surface area contributed by atoms with E-state index in [0.29, 0.717) is 11.5 Å². The van der Waals surface area contributed by atoms with Gasteiger partial charge in [-0.05, 0) is 73.6 Å². The van der Waals surface area contributed by atoms with Gasteiger partial charge in [-0.1, -0.05) is 19.9 Å². The monoisotopic (exact) mass is 466 g/mol. The molecule has 7 heteroatoms. The second kappa shape index (κ2) is 9.87. The van der Waals surface area contributed by atoms with Crippen molar-refractivity contribution >= 4 is 28.5 Å².